The van der Waals surface area contributed by atoms with E-state index in [0.29, 0.717) is 30.3 Å². The minimum atomic E-state index is 0.425. The van der Waals surface area contributed by atoms with Gasteiger partial charge in [-0.15, -0.1) is 0 Å². The molecule has 0 atom stereocenters. The van der Waals surface area contributed by atoms with E-state index in [1.807, 2.05) is 24.3 Å². The normalized spacial score (nSPS) is 10.2. The summed E-state index contributed by atoms with van der Waals surface area (Å²) in [5.74, 6) is 2.06. The molecule has 0 saturated heterocycles. The molecular weight excluding hydrogens is 292 g/mol. The third-order valence-electron chi connectivity index (χ3n) is 3.41. The van der Waals surface area contributed by atoms with Gasteiger partial charge in [0.15, 0.2) is 11.5 Å². The monoisotopic (exact) mass is 314 g/mol. The first-order chi connectivity index (χ1) is 11.3. The van der Waals surface area contributed by atoms with Crippen LogP contribution in [-0.4, -0.2) is 20.0 Å². The zero-order valence-corrected chi connectivity index (χ0v) is 13.6. The highest BCUT2D eigenvalue weighted by atomic mass is 16.5. The lowest BCUT2D eigenvalue weighted by Crippen LogP contribution is -2.02. The number of benzene rings is 2. The molecule has 0 amide bonds. The highest BCUT2D eigenvalue weighted by Crippen LogP contribution is 2.29. The van der Waals surface area contributed by atoms with Crippen LogP contribution in [0.4, 0.5) is 0 Å². The van der Waals surface area contributed by atoms with Gasteiger partial charge in [-0.2, -0.15) is 0 Å². The summed E-state index contributed by atoms with van der Waals surface area (Å²) in [4.78, 5) is 10.9. The van der Waals surface area contributed by atoms with Gasteiger partial charge < -0.3 is 14.2 Å². The zero-order valence-electron chi connectivity index (χ0n) is 13.6. The molecule has 23 heavy (non-hydrogen) atoms. The fraction of sp³-hybridized carbons (Fsp3) is 0.316. The zero-order chi connectivity index (χ0) is 16.5. The van der Waals surface area contributed by atoms with Crippen LogP contribution in [0.15, 0.2) is 42.5 Å². The molecule has 2 aromatic rings. The van der Waals surface area contributed by atoms with Gasteiger partial charge in [-0.05, 0) is 42.3 Å². The molecule has 2 aromatic carbocycles. The molecule has 0 aromatic heterocycles. The molecule has 4 nitrogen and oxygen atoms in total. The molecule has 2 rings (SSSR count). The number of hydrogen-bond acceptors (Lipinski definition) is 4. The van der Waals surface area contributed by atoms with E-state index in [4.69, 9.17) is 14.2 Å². The highest BCUT2D eigenvalue weighted by Gasteiger charge is 2.07. The van der Waals surface area contributed by atoms with Gasteiger partial charge in [-0.1, -0.05) is 25.5 Å². The molecule has 0 aliphatic carbocycles. The van der Waals surface area contributed by atoms with Crippen molar-refractivity contribution in [2.24, 2.45) is 0 Å². The van der Waals surface area contributed by atoms with Crippen LogP contribution in [0.25, 0.3) is 0 Å². The summed E-state index contributed by atoms with van der Waals surface area (Å²) in [6, 6.07) is 12.9. The number of carbonyl (C=O) groups is 1. The average Bonchev–Trinajstić information content (AvgIpc) is 2.61. The average molecular weight is 314 g/mol. The molecule has 0 spiro atoms. The fourth-order valence-corrected chi connectivity index (χ4v) is 2.04. The van der Waals surface area contributed by atoms with E-state index in [9.17, 15) is 4.79 Å². The lowest BCUT2D eigenvalue weighted by molar-refractivity contribution is 0.112. The van der Waals surface area contributed by atoms with Gasteiger partial charge in [-0.3, -0.25) is 4.79 Å². The maximum Gasteiger partial charge on any atom is 0.161 e. The second-order valence-electron chi connectivity index (χ2n) is 5.16. The van der Waals surface area contributed by atoms with Crippen LogP contribution in [0, 0.1) is 0 Å². The Morgan fingerprint density at radius 3 is 2.43 bits per heavy atom. The van der Waals surface area contributed by atoms with Crippen molar-refractivity contribution in [2.75, 3.05) is 13.7 Å². The van der Waals surface area contributed by atoms with Gasteiger partial charge in [0.05, 0.1) is 13.7 Å². The van der Waals surface area contributed by atoms with Crippen molar-refractivity contribution in [1.29, 1.82) is 0 Å². The second kappa shape index (κ2) is 8.83. The second-order valence-corrected chi connectivity index (χ2v) is 5.16. The molecular formula is C19H22O4. The minimum absolute atomic E-state index is 0.425. The molecule has 0 N–H and O–H groups in total. The SMILES string of the molecule is CCCCOc1cc(C=O)ccc1OCc1ccc(OC)cc1. The van der Waals surface area contributed by atoms with E-state index < -0.39 is 0 Å². The number of ether oxygens (including phenoxy) is 3. The van der Waals surface area contributed by atoms with Crippen molar-refractivity contribution in [2.45, 2.75) is 26.4 Å². The van der Waals surface area contributed by atoms with E-state index >= 15 is 0 Å². The van der Waals surface area contributed by atoms with E-state index in [1.54, 1.807) is 25.3 Å². The maximum absolute atomic E-state index is 10.9. The minimum Gasteiger partial charge on any atom is -0.497 e. The summed E-state index contributed by atoms with van der Waals surface area (Å²) >= 11 is 0. The van der Waals surface area contributed by atoms with Crippen molar-refractivity contribution >= 4 is 6.29 Å². The van der Waals surface area contributed by atoms with Crippen LogP contribution in [0.5, 0.6) is 17.2 Å². The van der Waals surface area contributed by atoms with Gasteiger partial charge in [0, 0.05) is 5.56 Å². The first-order valence-corrected chi connectivity index (χ1v) is 7.74. The smallest absolute Gasteiger partial charge is 0.161 e. The van der Waals surface area contributed by atoms with Crippen molar-refractivity contribution in [3.05, 3.63) is 53.6 Å². The molecule has 0 fully saturated rings. The molecule has 0 unspecified atom stereocenters. The third kappa shape index (κ3) is 5.02. The Morgan fingerprint density at radius 1 is 1.00 bits per heavy atom. The molecule has 0 radical (unpaired) electrons. The summed E-state index contributed by atoms with van der Waals surface area (Å²) in [6.45, 7) is 3.14. The Morgan fingerprint density at radius 2 is 1.78 bits per heavy atom. The Balaban J connectivity index is 2.05. The quantitative estimate of drug-likeness (QED) is 0.512. The van der Waals surface area contributed by atoms with Crippen LogP contribution in [-0.2, 0) is 6.61 Å². The van der Waals surface area contributed by atoms with Gasteiger partial charge in [0.2, 0.25) is 0 Å². The summed E-state index contributed by atoms with van der Waals surface area (Å²) in [6.07, 6.45) is 2.82. The Labute approximate surface area is 137 Å². The highest BCUT2D eigenvalue weighted by molar-refractivity contribution is 5.76. The predicted octanol–water partition coefficient (Wildman–Crippen LogP) is 4.27. The number of carbonyl (C=O) groups excluding carboxylic acids is 1. The van der Waals surface area contributed by atoms with Gasteiger partial charge in [-0.25, -0.2) is 0 Å². The first-order valence-electron chi connectivity index (χ1n) is 7.74. The largest absolute Gasteiger partial charge is 0.497 e. The van der Waals surface area contributed by atoms with Crippen molar-refractivity contribution in [3.63, 3.8) is 0 Å². The molecule has 0 aliphatic heterocycles. The summed E-state index contributed by atoms with van der Waals surface area (Å²) in [5, 5.41) is 0. The number of unbranched alkanes of at least 4 members (excludes halogenated alkanes) is 1. The number of hydrogen-bond donors (Lipinski definition) is 0. The molecule has 0 heterocycles. The molecule has 0 aliphatic rings. The van der Waals surface area contributed by atoms with Crippen LogP contribution >= 0.6 is 0 Å². The number of rotatable bonds is 9. The third-order valence-corrected chi connectivity index (χ3v) is 3.41. The summed E-state index contributed by atoms with van der Waals surface area (Å²) in [7, 11) is 1.64. The fourth-order valence-electron chi connectivity index (χ4n) is 2.04. The van der Waals surface area contributed by atoms with Crippen molar-refractivity contribution < 1.29 is 19.0 Å². The lowest BCUT2D eigenvalue weighted by Gasteiger charge is -2.13. The first kappa shape index (κ1) is 16.9. The van der Waals surface area contributed by atoms with E-state index in [-0.39, 0.29) is 0 Å². The number of methoxy groups -OCH3 is 1. The van der Waals surface area contributed by atoms with Crippen LogP contribution < -0.4 is 14.2 Å². The van der Waals surface area contributed by atoms with Crippen molar-refractivity contribution in [1.82, 2.24) is 0 Å². The van der Waals surface area contributed by atoms with E-state index in [1.165, 1.54) is 0 Å². The van der Waals surface area contributed by atoms with Crippen LogP contribution in [0.3, 0.4) is 0 Å². The molecule has 0 bridgehead atoms. The summed E-state index contributed by atoms with van der Waals surface area (Å²) in [5.41, 5.74) is 1.61. The number of aldehydes is 1. The molecule has 4 heteroatoms. The Kier molecular flexibility index (Phi) is 6.48. The summed E-state index contributed by atoms with van der Waals surface area (Å²) < 4.78 is 16.7. The van der Waals surface area contributed by atoms with E-state index in [0.717, 1.165) is 30.4 Å². The van der Waals surface area contributed by atoms with Crippen LogP contribution in [0.1, 0.15) is 35.7 Å². The molecule has 122 valence electrons. The van der Waals surface area contributed by atoms with E-state index in [2.05, 4.69) is 6.92 Å². The van der Waals surface area contributed by atoms with Crippen molar-refractivity contribution in [3.8, 4) is 17.2 Å². The van der Waals surface area contributed by atoms with Gasteiger partial charge in [0.1, 0.15) is 18.6 Å². The molecule has 0 saturated carbocycles. The lowest BCUT2D eigenvalue weighted by atomic mass is 10.2. The van der Waals surface area contributed by atoms with Crippen LogP contribution in [0.2, 0.25) is 0 Å². The topological polar surface area (TPSA) is 44.8 Å². The van der Waals surface area contributed by atoms with Gasteiger partial charge >= 0.3 is 0 Å². The Bertz CT molecular complexity index is 620. The van der Waals surface area contributed by atoms with Gasteiger partial charge in [0.25, 0.3) is 0 Å². The predicted molar refractivity (Wildman–Crippen MR) is 89.6 cm³/mol. The maximum atomic E-state index is 10.9. The standard InChI is InChI=1S/C19H22O4/c1-3-4-11-22-19-12-16(13-20)7-10-18(19)23-14-15-5-8-17(21-2)9-6-15/h5-10,12-13H,3-4,11,14H2,1-2H3. The Hall–Kier alpha value is -2.49.